The van der Waals surface area contributed by atoms with Gasteiger partial charge < -0.3 is 13.2 Å². The number of aromatic nitrogens is 3. The Morgan fingerprint density at radius 3 is 1.07 bits per heavy atom. The SMILES string of the molecule is CC(C)(C)c1ccc2c(c1)c1cc(-c3ccc4c(c3)c3cccc5c6ccccc6n4c53)cc3c4cc(-c5ccc6c(c5)c5cccc7c8ccccc8n6c75)ccc4n2c31. The number of rotatable bonds is 2. The minimum Gasteiger partial charge on any atom is -0.308 e. The van der Waals surface area contributed by atoms with E-state index in [9.17, 15) is 0 Å². The van der Waals surface area contributed by atoms with Crippen LogP contribution in [0.15, 0.2) is 170 Å². The van der Waals surface area contributed by atoms with E-state index >= 15 is 0 Å². The van der Waals surface area contributed by atoms with Crippen LogP contribution in [0.5, 0.6) is 0 Å². The highest BCUT2D eigenvalue weighted by molar-refractivity contribution is 6.27. The van der Waals surface area contributed by atoms with Gasteiger partial charge in [-0.15, -0.1) is 0 Å². The van der Waals surface area contributed by atoms with Crippen molar-refractivity contribution in [1.29, 1.82) is 0 Å². The Hall–Kier alpha value is -7.62. The maximum Gasteiger partial charge on any atom is 0.0620 e. The van der Waals surface area contributed by atoms with Crippen molar-refractivity contribution in [3.05, 3.63) is 175 Å². The predicted molar refractivity (Wildman–Crippen MR) is 260 cm³/mol. The molecule has 0 saturated heterocycles. The Morgan fingerprint density at radius 1 is 0.262 bits per heavy atom. The summed E-state index contributed by atoms with van der Waals surface area (Å²) in [5.74, 6) is 0. The van der Waals surface area contributed by atoms with E-state index in [0.717, 1.165) is 0 Å². The van der Waals surface area contributed by atoms with Gasteiger partial charge in [0.2, 0.25) is 0 Å². The minimum absolute atomic E-state index is 0.0403. The third kappa shape index (κ3) is 3.91. The molecule has 0 amide bonds. The molecule has 0 fully saturated rings. The molecule has 0 saturated carbocycles. The van der Waals surface area contributed by atoms with Gasteiger partial charge in [0.05, 0.1) is 49.7 Å². The minimum atomic E-state index is 0.0403. The van der Waals surface area contributed by atoms with Gasteiger partial charge in [0.25, 0.3) is 0 Å². The lowest BCUT2D eigenvalue weighted by atomic mass is 9.86. The molecule has 0 atom stereocenters. The van der Waals surface area contributed by atoms with Gasteiger partial charge in [0, 0.05) is 64.6 Å². The fraction of sp³-hybridized carbons (Fsp3) is 0.0690. The smallest absolute Gasteiger partial charge is 0.0620 e. The molecular formula is C58H37N3. The van der Waals surface area contributed by atoms with Crippen molar-refractivity contribution in [2.45, 2.75) is 26.2 Å². The summed E-state index contributed by atoms with van der Waals surface area (Å²) >= 11 is 0. The van der Waals surface area contributed by atoms with Gasteiger partial charge in [-0.2, -0.15) is 0 Å². The number of benzene rings is 9. The van der Waals surface area contributed by atoms with E-state index < -0.39 is 0 Å². The molecule has 6 heterocycles. The average Bonchev–Trinajstić information content (AvgIpc) is 4.13. The first-order valence-electron chi connectivity index (χ1n) is 21.5. The summed E-state index contributed by atoms with van der Waals surface area (Å²) in [6.45, 7) is 6.95. The molecule has 9 aromatic carbocycles. The molecule has 0 aliphatic carbocycles. The van der Waals surface area contributed by atoms with Gasteiger partial charge in [0.1, 0.15) is 0 Å². The maximum atomic E-state index is 2.53. The average molecular weight is 776 g/mol. The Bertz CT molecular complexity index is 4370. The number of hydrogen-bond donors (Lipinski definition) is 0. The van der Waals surface area contributed by atoms with Crippen molar-refractivity contribution in [3.63, 3.8) is 0 Å². The van der Waals surface area contributed by atoms with Crippen LogP contribution < -0.4 is 0 Å². The summed E-state index contributed by atoms with van der Waals surface area (Å²) < 4.78 is 7.46. The van der Waals surface area contributed by atoms with Crippen LogP contribution in [0.1, 0.15) is 26.3 Å². The summed E-state index contributed by atoms with van der Waals surface area (Å²) in [6.07, 6.45) is 0. The molecule has 3 nitrogen and oxygen atoms in total. The van der Waals surface area contributed by atoms with Crippen LogP contribution in [0.4, 0.5) is 0 Å². The number of nitrogens with zero attached hydrogens (tertiary/aromatic N) is 3. The molecule has 6 aromatic heterocycles. The van der Waals surface area contributed by atoms with Crippen LogP contribution in [-0.4, -0.2) is 13.2 Å². The highest BCUT2D eigenvalue weighted by Gasteiger charge is 2.24. The molecule has 3 heteroatoms. The number of para-hydroxylation sites is 4. The molecule has 0 unspecified atom stereocenters. The van der Waals surface area contributed by atoms with Crippen molar-refractivity contribution in [2.24, 2.45) is 0 Å². The van der Waals surface area contributed by atoms with Gasteiger partial charge in [-0.05, 0) is 106 Å². The van der Waals surface area contributed by atoms with E-state index in [-0.39, 0.29) is 5.41 Å². The van der Waals surface area contributed by atoms with Crippen molar-refractivity contribution in [2.75, 3.05) is 0 Å². The van der Waals surface area contributed by atoms with Crippen molar-refractivity contribution < 1.29 is 0 Å². The Balaban J connectivity index is 0.986. The molecule has 15 rings (SSSR count). The largest absolute Gasteiger partial charge is 0.308 e. The quantitative estimate of drug-likeness (QED) is 0.166. The number of fused-ring (bicyclic) bond motifs is 18. The Morgan fingerprint density at radius 2 is 0.590 bits per heavy atom. The molecular weight excluding hydrogens is 739 g/mol. The highest BCUT2D eigenvalue weighted by atomic mass is 14.9. The zero-order valence-corrected chi connectivity index (χ0v) is 34.0. The fourth-order valence-electron chi connectivity index (χ4n) is 11.6. The second-order valence-corrected chi connectivity index (χ2v) is 18.5. The molecule has 15 aromatic rings. The predicted octanol–water partition coefficient (Wildman–Crippen LogP) is 15.8. The lowest BCUT2D eigenvalue weighted by molar-refractivity contribution is 0.591. The van der Waals surface area contributed by atoms with Gasteiger partial charge in [-0.25, -0.2) is 0 Å². The summed E-state index contributed by atoms with van der Waals surface area (Å²) in [4.78, 5) is 0. The highest BCUT2D eigenvalue weighted by Crippen LogP contribution is 2.46. The van der Waals surface area contributed by atoms with E-state index in [1.165, 1.54) is 142 Å². The van der Waals surface area contributed by atoms with Gasteiger partial charge >= 0.3 is 0 Å². The van der Waals surface area contributed by atoms with E-state index in [4.69, 9.17) is 0 Å². The second-order valence-electron chi connectivity index (χ2n) is 18.5. The lowest BCUT2D eigenvalue weighted by Gasteiger charge is -2.19. The lowest BCUT2D eigenvalue weighted by Crippen LogP contribution is -2.10. The normalized spacial score (nSPS) is 13.2. The van der Waals surface area contributed by atoms with E-state index in [1.807, 2.05) is 0 Å². The summed E-state index contributed by atoms with van der Waals surface area (Å²) in [5, 5.41) is 15.7. The zero-order chi connectivity index (χ0) is 40.0. The van der Waals surface area contributed by atoms with Gasteiger partial charge in [0.15, 0.2) is 0 Å². The summed E-state index contributed by atoms with van der Waals surface area (Å²) in [5.41, 5.74) is 17.9. The number of hydrogen-bond acceptors (Lipinski definition) is 0. The molecule has 284 valence electrons. The molecule has 0 radical (unpaired) electrons. The van der Waals surface area contributed by atoms with Crippen molar-refractivity contribution >= 4 is 114 Å². The standard InChI is InChI=1S/C58H37N3/c1-58(2,3)36-21-25-54-46(31-36)48-30-35(34-20-24-52-44(28-34)42-15-9-13-40-38-11-5-7-17-50(38)60(52)56(40)42)29-47-45-27-33(19-23-53(45)61(54)57(47)48)32-18-22-51-43(26-32)41-14-8-12-39-37-10-4-6-16-49(37)59(51)55(39)41/h4-31H,1-3H3. The first kappa shape index (κ1) is 32.3. The molecule has 0 aliphatic rings. The summed E-state index contributed by atoms with van der Waals surface area (Å²) in [6, 6.07) is 64.6. The molecule has 0 bridgehead atoms. The fourth-order valence-corrected chi connectivity index (χ4v) is 11.6. The Kier molecular flexibility index (Phi) is 5.69. The van der Waals surface area contributed by atoms with E-state index in [2.05, 4.69) is 204 Å². The molecule has 0 spiro atoms. The topological polar surface area (TPSA) is 13.2 Å². The van der Waals surface area contributed by atoms with Gasteiger partial charge in [-0.3, -0.25) is 0 Å². The van der Waals surface area contributed by atoms with Crippen LogP contribution in [0.3, 0.4) is 0 Å². The van der Waals surface area contributed by atoms with E-state index in [0.29, 0.717) is 0 Å². The molecule has 0 N–H and O–H groups in total. The molecule has 0 aliphatic heterocycles. The molecule has 61 heavy (non-hydrogen) atoms. The first-order chi connectivity index (χ1) is 29.9. The third-order valence-electron chi connectivity index (χ3n) is 14.4. The van der Waals surface area contributed by atoms with E-state index in [1.54, 1.807) is 0 Å². The van der Waals surface area contributed by atoms with Crippen LogP contribution >= 0.6 is 0 Å². The van der Waals surface area contributed by atoms with Crippen molar-refractivity contribution in [3.8, 4) is 22.3 Å². The maximum absolute atomic E-state index is 2.53. The van der Waals surface area contributed by atoms with Crippen LogP contribution in [-0.2, 0) is 5.41 Å². The zero-order valence-electron chi connectivity index (χ0n) is 34.0. The van der Waals surface area contributed by atoms with Gasteiger partial charge in [-0.1, -0.05) is 118 Å². The van der Waals surface area contributed by atoms with Crippen molar-refractivity contribution in [1.82, 2.24) is 13.2 Å². The van der Waals surface area contributed by atoms with Crippen LogP contribution in [0.2, 0.25) is 0 Å². The first-order valence-corrected chi connectivity index (χ1v) is 21.5. The van der Waals surface area contributed by atoms with Crippen LogP contribution in [0.25, 0.3) is 137 Å². The monoisotopic (exact) mass is 775 g/mol. The van der Waals surface area contributed by atoms with Crippen LogP contribution in [0, 0.1) is 0 Å². The third-order valence-corrected chi connectivity index (χ3v) is 14.4. The summed E-state index contributed by atoms with van der Waals surface area (Å²) in [7, 11) is 0. The second kappa shape index (κ2) is 10.8. The Labute approximate surface area is 349 Å².